The third kappa shape index (κ3) is 4.40. The molecule has 4 fully saturated rings. The quantitative estimate of drug-likeness (QED) is 0.520. The van der Waals surface area contributed by atoms with Gasteiger partial charge >= 0.3 is 0 Å². The molecule has 0 aromatic carbocycles. The minimum absolute atomic E-state index is 0.0187. The second-order valence-electron chi connectivity index (χ2n) is 12.4. The number of carbonyl (C=O) groups excluding carboxylic acids is 1. The number of aliphatic hydroxyl groups is 1. The second-order valence-corrected chi connectivity index (χ2v) is 13.7. The van der Waals surface area contributed by atoms with Gasteiger partial charge in [0, 0.05) is 43.6 Å². The smallest absolute Gasteiger partial charge is 0.255 e. The molecule has 2 N–H and O–H groups in total. The summed E-state index contributed by atoms with van der Waals surface area (Å²) in [6.07, 6.45) is 12.6. The Morgan fingerprint density at radius 1 is 1.08 bits per heavy atom. The highest BCUT2D eigenvalue weighted by molar-refractivity contribution is 7.15. The molecule has 38 heavy (non-hydrogen) atoms. The Bertz CT molecular complexity index is 1220. The van der Waals surface area contributed by atoms with Crippen LogP contribution in [0.5, 0.6) is 0 Å². The average molecular weight is 533 g/mol. The Morgan fingerprint density at radius 2 is 1.87 bits per heavy atom. The van der Waals surface area contributed by atoms with Crippen LogP contribution < -0.4 is 10.2 Å². The molecule has 3 aliphatic carbocycles. The Hall–Kier alpha value is -2.22. The molecule has 2 saturated heterocycles. The van der Waals surface area contributed by atoms with Crippen LogP contribution in [0.2, 0.25) is 0 Å². The van der Waals surface area contributed by atoms with Gasteiger partial charge in [-0.25, -0.2) is 4.98 Å². The van der Waals surface area contributed by atoms with Crippen molar-refractivity contribution in [2.75, 3.05) is 37.6 Å². The van der Waals surface area contributed by atoms with Gasteiger partial charge in [-0.3, -0.25) is 4.79 Å². The molecule has 2 aromatic heterocycles. The molecule has 202 valence electrons. The lowest BCUT2D eigenvalue weighted by atomic mass is 9.89. The third-order valence-corrected chi connectivity index (χ3v) is 11.3. The first kappa shape index (κ1) is 24.8. The Labute approximate surface area is 230 Å². The van der Waals surface area contributed by atoms with Crippen molar-refractivity contribution in [1.82, 2.24) is 15.2 Å². The Morgan fingerprint density at radius 3 is 2.55 bits per heavy atom. The van der Waals surface area contributed by atoms with Crippen molar-refractivity contribution in [3.63, 3.8) is 0 Å². The number of hydrogen-bond donors (Lipinski definition) is 2. The number of anilines is 1. The molecule has 2 saturated carbocycles. The molecule has 1 spiro atoms. The fourth-order valence-corrected chi connectivity index (χ4v) is 8.78. The predicted molar refractivity (Wildman–Crippen MR) is 153 cm³/mol. The highest BCUT2D eigenvalue weighted by Crippen LogP contribution is 2.69. The number of nitrogens with zero attached hydrogens (tertiary/aromatic N) is 3. The maximum atomic E-state index is 13.6. The van der Waals surface area contributed by atoms with Crippen molar-refractivity contribution in [3.05, 3.63) is 46.9 Å². The van der Waals surface area contributed by atoms with E-state index in [-0.39, 0.29) is 12.0 Å². The predicted octanol–water partition coefficient (Wildman–Crippen LogP) is 4.88. The van der Waals surface area contributed by atoms with Gasteiger partial charge in [0.25, 0.3) is 5.91 Å². The first-order valence-corrected chi connectivity index (χ1v) is 15.5. The number of nitrogens with one attached hydrogen (secondary N) is 1. The van der Waals surface area contributed by atoms with Gasteiger partial charge in [0.2, 0.25) is 0 Å². The van der Waals surface area contributed by atoms with Crippen LogP contribution in [0, 0.1) is 30.1 Å². The van der Waals surface area contributed by atoms with Crippen LogP contribution in [0.4, 0.5) is 5.82 Å². The zero-order valence-corrected chi connectivity index (χ0v) is 23.3. The largest absolute Gasteiger partial charge is 0.393 e. The number of allylic oxidation sites excluding steroid dienone is 2. The van der Waals surface area contributed by atoms with Crippen molar-refractivity contribution in [1.29, 1.82) is 0 Å². The van der Waals surface area contributed by atoms with Crippen molar-refractivity contribution in [2.45, 2.75) is 64.0 Å². The summed E-state index contributed by atoms with van der Waals surface area (Å²) in [6, 6.07) is 8.86. The van der Waals surface area contributed by atoms with E-state index in [1.54, 1.807) is 11.3 Å². The summed E-state index contributed by atoms with van der Waals surface area (Å²) in [6.45, 7) is 6.68. The number of likely N-dealkylation sites (tertiary alicyclic amines) is 1. The maximum absolute atomic E-state index is 13.6. The van der Waals surface area contributed by atoms with E-state index < -0.39 is 0 Å². The van der Waals surface area contributed by atoms with Crippen LogP contribution >= 0.6 is 11.3 Å². The molecule has 4 heterocycles. The van der Waals surface area contributed by atoms with Crippen LogP contribution in [0.3, 0.4) is 0 Å². The van der Waals surface area contributed by atoms with E-state index in [4.69, 9.17) is 4.98 Å². The highest BCUT2D eigenvalue weighted by Gasteiger charge is 2.62. The molecule has 6 nitrogen and oxygen atoms in total. The number of aromatic nitrogens is 1. The summed E-state index contributed by atoms with van der Waals surface area (Å²) < 4.78 is 0. The standard InChI is InChI=1S/C31H40N4O2S/c1-20-2-7-28(38-20)27-6-4-25(30(37)32-19-21-18-22-3-5-26(21)31(22)12-13-31)29(33-27)35-14-8-23(9-15-35)34-16-10-24(36)11-17-34/h2-7,21-24,26,36H,8-19H2,1H3,(H,32,37). The topological polar surface area (TPSA) is 68.7 Å². The van der Waals surface area contributed by atoms with Crippen molar-refractivity contribution < 1.29 is 9.90 Å². The van der Waals surface area contributed by atoms with Crippen molar-refractivity contribution in [2.24, 2.45) is 23.2 Å². The molecule has 7 rings (SSSR count). The summed E-state index contributed by atoms with van der Waals surface area (Å²) in [5.41, 5.74) is 2.22. The molecular weight excluding hydrogens is 492 g/mol. The zero-order valence-electron chi connectivity index (χ0n) is 22.4. The van der Waals surface area contributed by atoms with E-state index >= 15 is 0 Å². The number of piperidine rings is 2. The summed E-state index contributed by atoms with van der Waals surface area (Å²) >= 11 is 1.75. The molecule has 7 heteroatoms. The highest BCUT2D eigenvalue weighted by atomic mass is 32.1. The minimum Gasteiger partial charge on any atom is -0.393 e. The van der Waals surface area contributed by atoms with Crippen LogP contribution in [0.1, 0.15) is 60.2 Å². The summed E-state index contributed by atoms with van der Waals surface area (Å²) in [5.74, 6) is 2.82. The van der Waals surface area contributed by atoms with E-state index in [0.29, 0.717) is 28.9 Å². The fourth-order valence-electron chi connectivity index (χ4n) is 7.94. The van der Waals surface area contributed by atoms with E-state index in [1.165, 1.54) is 24.1 Å². The van der Waals surface area contributed by atoms with Gasteiger partial charge in [0.15, 0.2) is 0 Å². The van der Waals surface area contributed by atoms with E-state index in [0.717, 1.165) is 80.7 Å². The molecule has 2 aromatic rings. The molecule has 3 unspecified atom stereocenters. The van der Waals surface area contributed by atoms with Crippen molar-refractivity contribution in [3.8, 4) is 10.6 Å². The molecule has 1 amide bonds. The number of pyridine rings is 1. The van der Waals surface area contributed by atoms with Crippen molar-refractivity contribution >= 4 is 23.1 Å². The third-order valence-electron chi connectivity index (χ3n) is 10.3. The molecule has 5 aliphatic rings. The van der Waals surface area contributed by atoms with Gasteiger partial charge < -0.3 is 20.2 Å². The number of carbonyl (C=O) groups is 1. The fraction of sp³-hybridized carbons (Fsp3) is 0.613. The number of rotatable bonds is 6. The second kappa shape index (κ2) is 9.76. The molecular formula is C31H40N4O2S. The van der Waals surface area contributed by atoms with Gasteiger partial charge in [-0.1, -0.05) is 12.2 Å². The summed E-state index contributed by atoms with van der Waals surface area (Å²) in [5, 5.41) is 13.2. The Kier molecular flexibility index (Phi) is 6.37. The lowest BCUT2D eigenvalue weighted by molar-refractivity contribution is 0.0542. The van der Waals surface area contributed by atoms with Gasteiger partial charge in [0.05, 0.1) is 22.2 Å². The van der Waals surface area contributed by atoms with E-state index in [1.807, 2.05) is 12.1 Å². The van der Waals surface area contributed by atoms with Crippen LogP contribution in [-0.4, -0.2) is 65.8 Å². The Balaban J connectivity index is 1.08. The first-order chi connectivity index (χ1) is 18.5. The normalized spacial score (nSPS) is 28.9. The number of hydrogen-bond acceptors (Lipinski definition) is 6. The van der Waals surface area contributed by atoms with Gasteiger partial charge in [0.1, 0.15) is 5.82 Å². The average Bonchev–Trinajstić information content (AvgIpc) is 3.41. The maximum Gasteiger partial charge on any atom is 0.255 e. The van der Waals surface area contributed by atoms with Crippen LogP contribution in [0.25, 0.3) is 10.6 Å². The van der Waals surface area contributed by atoms with Crippen LogP contribution in [0.15, 0.2) is 36.4 Å². The molecule has 2 aliphatic heterocycles. The summed E-state index contributed by atoms with van der Waals surface area (Å²) in [4.78, 5) is 26.1. The van der Waals surface area contributed by atoms with Gasteiger partial charge in [-0.05, 0) is 99.3 Å². The SMILES string of the molecule is Cc1ccc(-c2ccc(C(=O)NCC3CC4C=CC3C43CC3)c(N3CCC(N4CCC(O)CC4)CC3)n2)s1. The lowest BCUT2D eigenvalue weighted by Gasteiger charge is -2.41. The number of aliphatic hydroxyl groups excluding tert-OH is 1. The first-order valence-electron chi connectivity index (χ1n) is 14.7. The van der Waals surface area contributed by atoms with Gasteiger partial charge in [-0.15, -0.1) is 11.3 Å². The molecule has 3 atom stereocenters. The van der Waals surface area contributed by atoms with E-state index in [2.05, 4.69) is 46.3 Å². The van der Waals surface area contributed by atoms with E-state index in [9.17, 15) is 9.90 Å². The minimum atomic E-state index is -0.134. The van der Waals surface area contributed by atoms with Gasteiger partial charge in [-0.2, -0.15) is 0 Å². The lowest BCUT2D eigenvalue weighted by Crippen LogP contribution is -2.49. The zero-order chi connectivity index (χ0) is 25.9. The monoisotopic (exact) mass is 532 g/mol. The number of thiophene rings is 1. The number of amides is 1. The summed E-state index contributed by atoms with van der Waals surface area (Å²) in [7, 11) is 0. The molecule has 0 radical (unpaired) electrons. The van der Waals surface area contributed by atoms with Crippen LogP contribution in [-0.2, 0) is 0 Å². The molecule has 2 bridgehead atoms. The number of aryl methyl sites for hydroxylation is 1.